The van der Waals surface area contributed by atoms with Crippen LogP contribution >= 0.6 is 12.0 Å². The molecule has 0 saturated carbocycles. The van der Waals surface area contributed by atoms with E-state index in [1.807, 2.05) is 0 Å². The summed E-state index contributed by atoms with van der Waals surface area (Å²) in [5.74, 6) is -3.72. The molecule has 2 heterocycles. The van der Waals surface area contributed by atoms with E-state index >= 15 is 0 Å². The fourth-order valence-electron chi connectivity index (χ4n) is 4.72. The number of hydrogen-bond acceptors (Lipinski definition) is 16. The summed E-state index contributed by atoms with van der Waals surface area (Å²) in [6, 6.07) is 7.68. The van der Waals surface area contributed by atoms with Crippen molar-refractivity contribution in [3.05, 3.63) is 58.5 Å². The van der Waals surface area contributed by atoms with E-state index in [1.165, 1.54) is 35.2 Å². The molecule has 0 bridgehead atoms. The number of carbonyl (C=O) groups is 2. The number of aromatic nitrogens is 3. The Morgan fingerprint density at radius 2 is 1.89 bits per heavy atom. The molecule has 7 N–H and O–H groups in total. The van der Waals surface area contributed by atoms with Crippen LogP contribution in [-0.4, -0.2) is 73.0 Å². The number of phenolic OH excluding ortho intramolecular Hbond substituents is 1. The number of carboxylic acid groups (broad SMARTS) is 2. The number of aromatic carboxylic acids is 1. The second kappa shape index (κ2) is 13.0. The summed E-state index contributed by atoms with van der Waals surface area (Å²) in [5.41, 5.74) is -1.87. The predicted octanol–water partition coefficient (Wildman–Crippen LogP) is 3.61. The van der Waals surface area contributed by atoms with Gasteiger partial charge < -0.3 is 25.5 Å². The molecule has 1 aliphatic heterocycles. The highest BCUT2D eigenvalue weighted by atomic mass is 32.2. The minimum absolute atomic E-state index is 0.0637. The average Bonchev–Trinajstić information content (AvgIpc) is 3.49. The number of nitrogens with zero attached hydrogens (tertiary/aromatic N) is 5. The first-order chi connectivity index (χ1) is 21.9. The van der Waals surface area contributed by atoms with Crippen molar-refractivity contribution in [2.45, 2.75) is 28.7 Å². The predicted molar refractivity (Wildman–Crippen MR) is 158 cm³/mol. The summed E-state index contributed by atoms with van der Waals surface area (Å²) < 4.78 is 38.7. The van der Waals surface area contributed by atoms with Crippen LogP contribution in [0.2, 0.25) is 0 Å². The summed E-state index contributed by atoms with van der Waals surface area (Å²) >= 11 is 0.309. The number of aliphatic carboxylic acids is 1. The molecule has 1 aromatic heterocycles. The van der Waals surface area contributed by atoms with Crippen LogP contribution in [0.1, 0.15) is 23.2 Å². The van der Waals surface area contributed by atoms with Gasteiger partial charge >= 0.3 is 17.6 Å². The molecule has 240 valence electrons. The van der Waals surface area contributed by atoms with E-state index in [0.717, 1.165) is 12.1 Å². The maximum Gasteiger partial charge on any atom is 0.351 e. The number of nitrogens with one attached hydrogen (secondary N) is 2. The smallest absolute Gasteiger partial charge is 0.351 e. The Balaban J connectivity index is 1.70. The largest absolute Gasteiger partial charge is 0.505 e. The van der Waals surface area contributed by atoms with Crippen molar-refractivity contribution in [3.63, 3.8) is 0 Å². The Morgan fingerprint density at radius 3 is 2.59 bits per heavy atom. The van der Waals surface area contributed by atoms with Gasteiger partial charge in [0.2, 0.25) is 11.9 Å². The quantitative estimate of drug-likeness (QED) is 0.0393. The highest BCUT2D eigenvalue weighted by molar-refractivity contribution is 7.94. The van der Waals surface area contributed by atoms with Gasteiger partial charge in [-0.25, -0.2) is 19.6 Å². The van der Waals surface area contributed by atoms with Crippen LogP contribution in [0, 0.1) is 0 Å². The van der Waals surface area contributed by atoms with Crippen molar-refractivity contribution in [3.8, 4) is 5.75 Å². The van der Waals surface area contributed by atoms with E-state index < -0.39 is 44.4 Å². The van der Waals surface area contributed by atoms with Crippen molar-refractivity contribution in [2.75, 3.05) is 16.8 Å². The van der Waals surface area contributed by atoms with Crippen LogP contribution in [0.15, 0.2) is 67.3 Å². The van der Waals surface area contributed by atoms with Crippen LogP contribution in [0.3, 0.4) is 0 Å². The fraction of sp³-hybridized carbons (Fsp3) is 0.160. The van der Waals surface area contributed by atoms with E-state index in [2.05, 4.69) is 39.9 Å². The molecule has 21 heteroatoms. The SMILES string of the molecule is O=C(O)c1ccccc1N=Nc1c(SOOO)cc2cc(S(=O)(=O)O)cc(Nc3nc(N4CCCC4C(=O)O)nc(=O)[nH]3)c2c1O. The number of hydrogen-bond donors (Lipinski definition) is 7. The molecule has 1 saturated heterocycles. The molecule has 4 aromatic rings. The lowest BCUT2D eigenvalue weighted by Gasteiger charge is -2.21. The molecule has 0 amide bonds. The van der Waals surface area contributed by atoms with Gasteiger partial charge in [-0.15, -0.1) is 14.6 Å². The van der Waals surface area contributed by atoms with Crippen molar-refractivity contribution >= 4 is 73.8 Å². The molecule has 46 heavy (non-hydrogen) atoms. The van der Waals surface area contributed by atoms with Gasteiger partial charge in [-0.05, 0) is 48.6 Å². The van der Waals surface area contributed by atoms with Crippen LogP contribution in [0.5, 0.6) is 5.75 Å². The molecule has 0 aliphatic carbocycles. The Bertz CT molecular complexity index is 2060. The van der Waals surface area contributed by atoms with Crippen LogP contribution < -0.4 is 15.9 Å². The zero-order valence-electron chi connectivity index (χ0n) is 22.9. The van der Waals surface area contributed by atoms with E-state index in [0.29, 0.717) is 18.5 Å². The number of benzene rings is 3. The number of aromatic amines is 1. The molecular formula is C25H21N7O12S2. The van der Waals surface area contributed by atoms with Gasteiger partial charge in [0, 0.05) is 11.9 Å². The number of H-pyrrole nitrogens is 1. The van der Waals surface area contributed by atoms with Crippen LogP contribution in [0.25, 0.3) is 10.8 Å². The highest BCUT2D eigenvalue weighted by Gasteiger charge is 2.33. The number of fused-ring (bicyclic) bond motifs is 1. The summed E-state index contributed by atoms with van der Waals surface area (Å²) in [5, 5.41) is 53.2. The normalized spacial score (nSPS) is 15.1. The van der Waals surface area contributed by atoms with E-state index in [9.17, 15) is 42.7 Å². The molecule has 0 spiro atoms. The first-order valence-electron chi connectivity index (χ1n) is 12.8. The third-order valence-corrected chi connectivity index (χ3v) is 8.11. The van der Waals surface area contributed by atoms with Crippen molar-refractivity contribution < 1.29 is 52.5 Å². The van der Waals surface area contributed by atoms with Crippen molar-refractivity contribution in [1.29, 1.82) is 0 Å². The van der Waals surface area contributed by atoms with E-state index in [4.69, 9.17) is 5.26 Å². The minimum Gasteiger partial charge on any atom is -0.505 e. The first kappa shape index (κ1) is 32.2. The van der Waals surface area contributed by atoms with E-state index in [1.54, 1.807) is 0 Å². The Kier molecular flexibility index (Phi) is 9.13. The van der Waals surface area contributed by atoms with Crippen molar-refractivity contribution in [2.24, 2.45) is 10.2 Å². The molecule has 5 rings (SSSR count). The summed E-state index contributed by atoms with van der Waals surface area (Å²) in [7, 11) is -4.87. The summed E-state index contributed by atoms with van der Waals surface area (Å²) in [6.07, 6.45) is 0.771. The van der Waals surface area contributed by atoms with Gasteiger partial charge in [-0.3, -0.25) is 9.54 Å². The van der Waals surface area contributed by atoms with Gasteiger partial charge in [0.1, 0.15) is 17.4 Å². The molecule has 3 aromatic carbocycles. The number of phenols is 1. The molecule has 1 aliphatic rings. The maximum absolute atomic E-state index is 12.5. The summed E-state index contributed by atoms with van der Waals surface area (Å²) in [6.45, 7) is 0.237. The third-order valence-electron chi connectivity index (χ3n) is 6.65. The third kappa shape index (κ3) is 6.73. The van der Waals surface area contributed by atoms with Crippen LogP contribution in [0.4, 0.5) is 29.0 Å². The molecule has 19 nitrogen and oxygen atoms in total. The number of aromatic hydroxyl groups is 1. The van der Waals surface area contributed by atoms with Gasteiger partial charge in [0.05, 0.1) is 33.1 Å². The topological polar surface area (TPSA) is 287 Å². The molecule has 0 radical (unpaired) electrons. The lowest BCUT2D eigenvalue weighted by atomic mass is 10.1. The fourth-order valence-corrected chi connectivity index (χ4v) is 5.75. The van der Waals surface area contributed by atoms with E-state index in [-0.39, 0.29) is 63.2 Å². The monoisotopic (exact) mass is 675 g/mol. The number of azo groups is 1. The Morgan fingerprint density at radius 1 is 1.13 bits per heavy atom. The minimum atomic E-state index is -4.87. The van der Waals surface area contributed by atoms with Gasteiger partial charge in [-0.1, -0.05) is 17.2 Å². The highest BCUT2D eigenvalue weighted by Crippen LogP contribution is 2.47. The number of anilines is 3. The van der Waals surface area contributed by atoms with Gasteiger partial charge in [0.25, 0.3) is 10.1 Å². The second-order valence-electron chi connectivity index (χ2n) is 9.48. The van der Waals surface area contributed by atoms with Crippen molar-refractivity contribution in [1.82, 2.24) is 15.0 Å². The number of rotatable bonds is 11. The molecular weight excluding hydrogens is 654 g/mol. The molecule has 1 unspecified atom stereocenters. The standard InChI is InChI=1S/C25H21N7O12S2/c33-20-18-11(9-17(45-44-43-39)19(20)31-30-14-5-2-1-4-13(14)21(34)35)8-12(46(40,41)42)10-15(18)26-23-27-24(29-25(38)28-23)32-7-3-6-16(32)22(36)37/h1-2,4-5,8-10,16,33,39H,3,6-7H2,(H,34,35)(H,36,37)(H,40,41,42)(H2,26,27,28,29,38). The summed E-state index contributed by atoms with van der Waals surface area (Å²) in [4.78, 5) is 46.5. The molecule has 1 fully saturated rings. The Labute approximate surface area is 261 Å². The van der Waals surface area contributed by atoms with Gasteiger partial charge in [0.15, 0.2) is 5.75 Å². The van der Waals surface area contributed by atoms with Gasteiger partial charge in [-0.2, -0.15) is 18.4 Å². The average molecular weight is 676 g/mol. The zero-order valence-corrected chi connectivity index (χ0v) is 24.5. The zero-order chi connectivity index (χ0) is 33.2. The number of carboxylic acids is 2. The van der Waals surface area contributed by atoms with Crippen LogP contribution in [-0.2, 0) is 24.3 Å². The lowest BCUT2D eigenvalue weighted by Crippen LogP contribution is -2.38. The second-order valence-corrected chi connectivity index (χ2v) is 11.6. The lowest BCUT2D eigenvalue weighted by molar-refractivity contribution is -0.432. The molecule has 1 atom stereocenters. The maximum atomic E-state index is 12.5. The Hall–Kier alpha value is -5.19. The first-order valence-corrected chi connectivity index (χ1v) is 15.0.